The number of amides is 2. The molecule has 2 saturated heterocycles. The zero-order valence-electron chi connectivity index (χ0n) is 16.2. The molecule has 146 valence electrons. The van der Waals surface area contributed by atoms with Crippen molar-refractivity contribution in [2.24, 2.45) is 0 Å². The molecule has 1 aromatic carbocycles. The largest absolute Gasteiger partial charge is 0.481 e. The highest BCUT2D eigenvalue weighted by molar-refractivity contribution is 5.74. The van der Waals surface area contributed by atoms with Crippen molar-refractivity contribution < 1.29 is 9.53 Å². The number of carbonyl (C=O) groups is 1. The van der Waals surface area contributed by atoms with Gasteiger partial charge < -0.3 is 19.9 Å². The zero-order chi connectivity index (χ0) is 18.9. The molecule has 0 spiro atoms. The first-order valence-corrected chi connectivity index (χ1v) is 10.2. The molecule has 0 radical (unpaired) electrons. The number of likely N-dealkylation sites (tertiary alicyclic amines) is 2. The van der Waals surface area contributed by atoms with Gasteiger partial charge in [0.15, 0.2) is 0 Å². The molecular formula is C22H31N3O2. The van der Waals surface area contributed by atoms with Gasteiger partial charge in [-0.1, -0.05) is 24.5 Å². The highest BCUT2D eigenvalue weighted by Gasteiger charge is 2.30. The molecule has 1 atom stereocenters. The molecule has 5 heteroatoms. The molecule has 2 fully saturated rings. The second kappa shape index (κ2) is 10.2. The molecule has 0 saturated carbocycles. The maximum atomic E-state index is 12.6. The van der Waals surface area contributed by atoms with E-state index in [0.29, 0.717) is 12.6 Å². The van der Waals surface area contributed by atoms with Gasteiger partial charge in [-0.2, -0.15) is 0 Å². The van der Waals surface area contributed by atoms with E-state index in [4.69, 9.17) is 11.2 Å². The number of carbonyl (C=O) groups excluding carboxylic acids is 1. The monoisotopic (exact) mass is 369 g/mol. The summed E-state index contributed by atoms with van der Waals surface area (Å²) >= 11 is 0. The van der Waals surface area contributed by atoms with Crippen molar-refractivity contribution in [1.29, 1.82) is 0 Å². The van der Waals surface area contributed by atoms with Gasteiger partial charge in [0.05, 0.1) is 0 Å². The van der Waals surface area contributed by atoms with Gasteiger partial charge in [-0.25, -0.2) is 4.79 Å². The molecule has 2 amide bonds. The molecule has 1 N–H and O–H groups in total. The predicted octanol–water partition coefficient (Wildman–Crippen LogP) is 2.90. The molecule has 2 aliphatic heterocycles. The number of ether oxygens (including phenoxy) is 1. The fourth-order valence-electron chi connectivity index (χ4n) is 4.03. The van der Waals surface area contributed by atoms with Crippen LogP contribution in [0.15, 0.2) is 24.3 Å². The summed E-state index contributed by atoms with van der Waals surface area (Å²) in [6.07, 6.45) is 12.2. The van der Waals surface area contributed by atoms with Crippen molar-refractivity contribution in [2.75, 3.05) is 39.3 Å². The summed E-state index contributed by atoms with van der Waals surface area (Å²) in [5.41, 5.74) is 1.18. The Kier molecular flexibility index (Phi) is 7.41. The maximum absolute atomic E-state index is 12.6. The van der Waals surface area contributed by atoms with Crippen molar-refractivity contribution in [3.8, 4) is 18.1 Å². The Morgan fingerprint density at radius 3 is 2.67 bits per heavy atom. The third kappa shape index (κ3) is 5.90. The van der Waals surface area contributed by atoms with E-state index < -0.39 is 0 Å². The van der Waals surface area contributed by atoms with Gasteiger partial charge in [0, 0.05) is 25.7 Å². The molecule has 2 heterocycles. The number of nitrogens with one attached hydrogen (secondary N) is 1. The number of benzene rings is 1. The van der Waals surface area contributed by atoms with Crippen LogP contribution in [0.2, 0.25) is 0 Å². The van der Waals surface area contributed by atoms with E-state index >= 15 is 0 Å². The van der Waals surface area contributed by atoms with Crippen molar-refractivity contribution in [3.63, 3.8) is 0 Å². The molecule has 27 heavy (non-hydrogen) atoms. The Morgan fingerprint density at radius 2 is 1.93 bits per heavy atom. The van der Waals surface area contributed by atoms with E-state index in [1.807, 2.05) is 29.2 Å². The number of terminal acetylenes is 1. The number of piperidine rings is 1. The first kappa shape index (κ1) is 19.6. The van der Waals surface area contributed by atoms with Crippen molar-refractivity contribution in [1.82, 2.24) is 15.1 Å². The minimum Gasteiger partial charge on any atom is -0.481 e. The van der Waals surface area contributed by atoms with E-state index in [2.05, 4.69) is 16.1 Å². The van der Waals surface area contributed by atoms with Crippen molar-refractivity contribution in [2.45, 2.75) is 44.6 Å². The number of urea groups is 1. The number of nitrogens with zero attached hydrogens (tertiary/aromatic N) is 2. The maximum Gasteiger partial charge on any atom is 0.317 e. The van der Waals surface area contributed by atoms with Crippen LogP contribution in [-0.2, 0) is 6.42 Å². The lowest BCUT2D eigenvalue weighted by Crippen LogP contribution is -2.48. The molecule has 2 aliphatic rings. The van der Waals surface area contributed by atoms with Crippen LogP contribution < -0.4 is 10.1 Å². The van der Waals surface area contributed by atoms with Gasteiger partial charge in [0.2, 0.25) is 0 Å². The van der Waals surface area contributed by atoms with Crippen molar-refractivity contribution >= 4 is 6.03 Å². The summed E-state index contributed by atoms with van der Waals surface area (Å²) in [6, 6.07) is 8.34. The van der Waals surface area contributed by atoms with Gasteiger partial charge in [-0.3, -0.25) is 0 Å². The summed E-state index contributed by atoms with van der Waals surface area (Å²) in [5, 5.41) is 3.10. The second-order valence-corrected chi connectivity index (χ2v) is 7.47. The Hall–Kier alpha value is -2.19. The fraction of sp³-hybridized carbons (Fsp3) is 0.591. The van der Waals surface area contributed by atoms with Gasteiger partial charge in [0.25, 0.3) is 0 Å². The van der Waals surface area contributed by atoms with E-state index in [1.54, 1.807) is 0 Å². The minimum atomic E-state index is 0.0866. The molecule has 0 aliphatic carbocycles. The van der Waals surface area contributed by atoms with Crippen LogP contribution in [0.4, 0.5) is 4.79 Å². The molecule has 1 unspecified atom stereocenters. The molecule has 5 nitrogen and oxygen atoms in total. The van der Waals surface area contributed by atoms with Crippen molar-refractivity contribution in [3.05, 3.63) is 29.8 Å². The Morgan fingerprint density at radius 1 is 1.15 bits per heavy atom. The Balaban J connectivity index is 1.41. The van der Waals surface area contributed by atoms with Crippen LogP contribution in [0.3, 0.4) is 0 Å². The second-order valence-electron chi connectivity index (χ2n) is 7.47. The van der Waals surface area contributed by atoms with Gasteiger partial charge >= 0.3 is 6.03 Å². The third-order valence-corrected chi connectivity index (χ3v) is 5.49. The Bertz CT molecular complexity index is 632. The first-order valence-electron chi connectivity index (χ1n) is 10.2. The Labute approximate surface area is 163 Å². The van der Waals surface area contributed by atoms with E-state index in [0.717, 1.165) is 38.1 Å². The molecular weight excluding hydrogens is 338 g/mol. The lowest BCUT2D eigenvalue weighted by atomic mass is 10.1. The van der Waals surface area contributed by atoms with Crippen LogP contribution in [-0.4, -0.2) is 61.2 Å². The quantitative estimate of drug-likeness (QED) is 0.752. The smallest absolute Gasteiger partial charge is 0.317 e. The molecule has 0 aromatic heterocycles. The highest BCUT2D eigenvalue weighted by atomic mass is 16.5. The van der Waals surface area contributed by atoms with Gasteiger partial charge in [-0.15, -0.1) is 6.42 Å². The average Bonchev–Trinajstić information content (AvgIpc) is 3.16. The standard InChI is InChI=1S/C22H31N3O2/c1-2-17-27-21-10-8-19(9-11-21)12-13-23-22(26)25-16-6-7-20(25)18-24-14-4-3-5-15-24/h1,8-11,20H,3-7,12-18H2,(H,23,26). The average molecular weight is 370 g/mol. The summed E-state index contributed by atoms with van der Waals surface area (Å²) in [5.74, 6) is 3.23. The number of rotatable bonds is 7. The van der Waals surface area contributed by atoms with Gasteiger partial charge in [0.1, 0.15) is 12.4 Å². The van der Waals surface area contributed by atoms with Crippen LogP contribution in [0, 0.1) is 12.3 Å². The van der Waals surface area contributed by atoms with E-state index in [9.17, 15) is 4.79 Å². The number of hydrogen-bond donors (Lipinski definition) is 1. The number of hydrogen-bond acceptors (Lipinski definition) is 3. The van der Waals surface area contributed by atoms with Crippen LogP contribution in [0.5, 0.6) is 5.75 Å². The summed E-state index contributed by atoms with van der Waals surface area (Å²) < 4.78 is 5.38. The molecule has 0 bridgehead atoms. The lowest BCUT2D eigenvalue weighted by Gasteiger charge is -2.33. The van der Waals surface area contributed by atoms with Crippen LogP contribution >= 0.6 is 0 Å². The third-order valence-electron chi connectivity index (χ3n) is 5.49. The summed E-state index contributed by atoms with van der Waals surface area (Å²) in [4.78, 5) is 17.2. The first-order chi connectivity index (χ1) is 13.3. The highest BCUT2D eigenvalue weighted by Crippen LogP contribution is 2.20. The molecule has 3 rings (SSSR count). The normalized spacial score (nSPS) is 20.3. The van der Waals surface area contributed by atoms with Crippen LogP contribution in [0.1, 0.15) is 37.7 Å². The molecule has 1 aromatic rings. The fourth-order valence-corrected chi connectivity index (χ4v) is 4.03. The SMILES string of the molecule is C#CCOc1ccc(CCNC(=O)N2CCCC2CN2CCCCC2)cc1. The van der Waals surface area contributed by atoms with E-state index in [1.165, 1.54) is 37.9 Å². The summed E-state index contributed by atoms with van der Waals surface area (Å²) in [7, 11) is 0. The van der Waals surface area contributed by atoms with Gasteiger partial charge in [-0.05, 0) is 62.9 Å². The predicted molar refractivity (Wildman–Crippen MR) is 108 cm³/mol. The van der Waals surface area contributed by atoms with E-state index in [-0.39, 0.29) is 12.6 Å². The topological polar surface area (TPSA) is 44.8 Å². The lowest BCUT2D eigenvalue weighted by molar-refractivity contribution is 0.154. The summed E-state index contributed by atoms with van der Waals surface area (Å²) in [6.45, 7) is 5.22. The minimum absolute atomic E-state index is 0.0866. The van der Waals surface area contributed by atoms with Crippen LogP contribution in [0.25, 0.3) is 0 Å². The zero-order valence-corrected chi connectivity index (χ0v) is 16.2.